The third-order valence-corrected chi connectivity index (χ3v) is 5.94. The van der Waals surface area contributed by atoms with E-state index in [0.717, 1.165) is 12.0 Å². The number of rotatable bonds is 4. The Morgan fingerprint density at radius 1 is 1.20 bits per heavy atom. The van der Waals surface area contributed by atoms with E-state index in [9.17, 15) is 0 Å². The van der Waals surface area contributed by atoms with E-state index in [-0.39, 0.29) is 0 Å². The molecule has 20 heavy (non-hydrogen) atoms. The van der Waals surface area contributed by atoms with Crippen LogP contribution in [0.4, 0.5) is 0 Å². The van der Waals surface area contributed by atoms with Crippen molar-refractivity contribution in [2.45, 2.75) is 63.5 Å². The zero-order chi connectivity index (χ0) is 13.8. The Morgan fingerprint density at radius 3 is 2.85 bits per heavy atom. The van der Waals surface area contributed by atoms with Gasteiger partial charge in [-0.2, -0.15) is 11.3 Å². The third kappa shape index (κ3) is 3.01. The highest BCUT2D eigenvalue weighted by Crippen LogP contribution is 2.40. The minimum Gasteiger partial charge on any atom is -0.293 e. The molecular weight excluding hydrogens is 262 g/mol. The molecule has 1 aromatic heterocycles. The molecule has 0 amide bonds. The van der Waals surface area contributed by atoms with Gasteiger partial charge in [-0.05, 0) is 67.0 Å². The molecular formula is C18H27NS. The first-order chi connectivity index (χ1) is 9.90. The molecule has 1 saturated heterocycles. The summed E-state index contributed by atoms with van der Waals surface area (Å²) in [4.78, 5) is 2.86. The van der Waals surface area contributed by atoms with E-state index < -0.39 is 0 Å². The van der Waals surface area contributed by atoms with Crippen LogP contribution in [-0.2, 0) is 0 Å². The van der Waals surface area contributed by atoms with Crippen molar-refractivity contribution in [1.82, 2.24) is 4.90 Å². The summed E-state index contributed by atoms with van der Waals surface area (Å²) in [6, 6.07) is 3.83. The molecule has 1 aliphatic carbocycles. The van der Waals surface area contributed by atoms with Crippen LogP contribution in [0.2, 0.25) is 0 Å². The lowest BCUT2D eigenvalue weighted by atomic mass is 9.79. The van der Waals surface area contributed by atoms with Crippen molar-refractivity contribution in [1.29, 1.82) is 0 Å². The van der Waals surface area contributed by atoms with Gasteiger partial charge in [0.15, 0.2) is 0 Å². The molecule has 110 valence electrons. The van der Waals surface area contributed by atoms with Crippen LogP contribution in [0.1, 0.15) is 63.0 Å². The zero-order valence-corrected chi connectivity index (χ0v) is 13.3. The van der Waals surface area contributed by atoms with Crippen molar-refractivity contribution < 1.29 is 0 Å². The normalized spacial score (nSPS) is 32.1. The molecule has 1 saturated carbocycles. The number of thiophene rings is 1. The number of nitrogens with zero attached hydrogens (tertiary/aromatic N) is 1. The maximum atomic E-state index is 3.99. The summed E-state index contributed by atoms with van der Waals surface area (Å²) < 4.78 is 0. The number of hydrogen-bond donors (Lipinski definition) is 0. The molecule has 2 heterocycles. The van der Waals surface area contributed by atoms with Crippen molar-refractivity contribution in [2.24, 2.45) is 5.92 Å². The topological polar surface area (TPSA) is 3.24 Å². The standard InChI is InChI=1S/C18H27NS/c1-2-7-15-8-3-4-9-17(15)19-12-6-5-10-18(19)16-11-13-20-14-16/h2,11,13-15,17-18H,1,3-10,12H2. The molecule has 2 fully saturated rings. The van der Waals surface area contributed by atoms with Crippen LogP contribution in [0.3, 0.4) is 0 Å². The largest absolute Gasteiger partial charge is 0.293 e. The van der Waals surface area contributed by atoms with Crippen LogP contribution in [0.5, 0.6) is 0 Å². The fraction of sp³-hybridized carbons (Fsp3) is 0.667. The van der Waals surface area contributed by atoms with Gasteiger partial charge in [0.2, 0.25) is 0 Å². The fourth-order valence-electron chi connectivity index (χ4n) is 4.29. The maximum absolute atomic E-state index is 3.99. The van der Waals surface area contributed by atoms with Crippen LogP contribution in [0.15, 0.2) is 29.5 Å². The van der Waals surface area contributed by atoms with Gasteiger partial charge in [0, 0.05) is 12.1 Å². The third-order valence-electron chi connectivity index (χ3n) is 5.24. The number of likely N-dealkylation sites (tertiary alicyclic amines) is 1. The van der Waals surface area contributed by atoms with Crippen molar-refractivity contribution in [3.05, 3.63) is 35.0 Å². The number of allylic oxidation sites excluding steroid dienone is 1. The van der Waals surface area contributed by atoms with E-state index in [1.807, 2.05) is 11.3 Å². The van der Waals surface area contributed by atoms with E-state index in [2.05, 4.69) is 34.4 Å². The van der Waals surface area contributed by atoms with Gasteiger partial charge >= 0.3 is 0 Å². The first-order valence-electron chi connectivity index (χ1n) is 8.29. The quantitative estimate of drug-likeness (QED) is 0.670. The molecule has 0 N–H and O–H groups in total. The van der Waals surface area contributed by atoms with E-state index in [1.165, 1.54) is 57.9 Å². The molecule has 0 spiro atoms. The second-order valence-electron chi connectivity index (χ2n) is 6.44. The summed E-state index contributed by atoms with van der Waals surface area (Å²) >= 11 is 1.85. The van der Waals surface area contributed by atoms with E-state index >= 15 is 0 Å². The van der Waals surface area contributed by atoms with Crippen molar-refractivity contribution in [2.75, 3.05) is 6.54 Å². The lowest BCUT2D eigenvalue weighted by Crippen LogP contribution is -2.46. The van der Waals surface area contributed by atoms with Crippen molar-refractivity contribution >= 4 is 11.3 Å². The Labute approximate surface area is 127 Å². The number of hydrogen-bond acceptors (Lipinski definition) is 2. The van der Waals surface area contributed by atoms with Gasteiger partial charge < -0.3 is 0 Å². The van der Waals surface area contributed by atoms with E-state index in [0.29, 0.717) is 6.04 Å². The van der Waals surface area contributed by atoms with Crippen LogP contribution in [0.25, 0.3) is 0 Å². The Balaban J connectivity index is 1.79. The highest BCUT2D eigenvalue weighted by atomic mass is 32.1. The summed E-state index contributed by atoms with van der Waals surface area (Å²) in [5.74, 6) is 0.848. The average Bonchev–Trinajstić information content (AvgIpc) is 3.02. The molecule has 1 aliphatic heterocycles. The molecule has 3 rings (SSSR count). The summed E-state index contributed by atoms with van der Waals surface area (Å²) in [5, 5.41) is 4.61. The second-order valence-corrected chi connectivity index (χ2v) is 7.22. The molecule has 2 aliphatic rings. The summed E-state index contributed by atoms with van der Waals surface area (Å²) in [5.41, 5.74) is 1.57. The SMILES string of the molecule is C=CCC1CCCCC1N1CCCCC1c1ccsc1. The lowest BCUT2D eigenvalue weighted by molar-refractivity contribution is 0.0386. The average molecular weight is 289 g/mol. The van der Waals surface area contributed by atoms with Gasteiger partial charge in [0.05, 0.1) is 0 Å². The van der Waals surface area contributed by atoms with Crippen LogP contribution in [-0.4, -0.2) is 17.5 Å². The first-order valence-corrected chi connectivity index (χ1v) is 9.23. The van der Waals surface area contributed by atoms with E-state index in [1.54, 1.807) is 5.56 Å². The molecule has 0 radical (unpaired) electrons. The second kappa shape index (κ2) is 6.91. The van der Waals surface area contributed by atoms with Crippen molar-refractivity contribution in [3.8, 4) is 0 Å². The molecule has 0 aromatic carbocycles. The minimum atomic E-state index is 0.686. The summed E-state index contributed by atoms with van der Waals surface area (Å²) in [6.45, 7) is 5.29. The lowest BCUT2D eigenvalue weighted by Gasteiger charge is -2.46. The molecule has 1 aromatic rings. The summed E-state index contributed by atoms with van der Waals surface area (Å²) in [6.07, 6.45) is 13.1. The highest BCUT2D eigenvalue weighted by molar-refractivity contribution is 7.07. The van der Waals surface area contributed by atoms with Crippen LogP contribution >= 0.6 is 11.3 Å². The minimum absolute atomic E-state index is 0.686. The Bertz CT molecular complexity index is 411. The Morgan fingerprint density at radius 2 is 2.05 bits per heavy atom. The van der Waals surface area contributed by atoms with Crippen LogP contribution in [0, 0.1) is 5.92 Å². The van der Waals surface area contributed by atoms with Gasteiger partial charge in [-0.3, -0.25) is 4.90 Å². The Hall–Kier alpha value is -0.600. The predicted octanol–water partition coefficient (Wildman–Crippen LogP) is 5.41. The molecule has 3 unspecified atom stereocenters. The summed E-state index contributed by atoms with van der Waals surface area (Å²) in [7, 11) is 0. The zero-order valence-electron chi connectivity index (χ0n) is 12.5. The van der Waals surface area contributed by atoms with Gasteiger partial charge in [0.25, 0.3) is 0 Å². The predicted molar refractivity (Wildman–Crippen MR) is 88.2 cm³/mol. The fourth-order valence-corrected chi connectivity index (χ4v) is 4.99. The van der Waals surface area contributed by atoms with Crippen LogP contribution < -0.4 is 0 Å². The number of piperidine rings is 1. The van der Waals surface area contributed by atoms with Gasteiger partial charge in [-0.25, -0.2) is 0 Å². The molecule has 2 heteroatoms. The first kappa shape index (κ1) is 14.3. The van der Waals surface area contributed by atoms with E-state index in [4.69, 9.17) is 0 Å². The molecule has 0 bridgehead atoms. The van der Waals surface area contributed by atoms with Gasteiger partial charge in [-0.15, -0.1) is 6.58 Å². The molecule has 1 nitrogen and oxygen atoms in total. The monoisotopic (exact) mass is 289 g/mol. The Kier molecular flexibility index (Phi) is 4.95. The smallest absolute Gasteiger partial charge is 0.0359 e. The van der Waals surface area contributed by atoms with Crippen molar-refractivity contribution in [3.63, 3.8) is 0 Å². The highest BCUT2D eigenvalue weighted by Gasteiger charge is 2.35. The van der Waals surface area contributed by atoms with Gasteiger partial charge in [-0.1, -0.05) is 25.3 Å². The molecule has 3 atom stereocenters. The maximum Gasteiger partial charge on any atom is 0.0359 e. The van der Waals surface area contributed by atoms with Gasteiger partial charge in [0.1, 0.15) is 0 Å².